The fraction of sp³-hybridized carbons (Fsp3) is 0.591. The van der Waals surface area contributed by atoms with Crippen molar-refractivity contribution in [1.82, 2.24) is 14.9 Å². The highest BCUT2D eigenvalue weighted by atomic mass is 16.2. The van der Waals surface area contributed by atoms with Crippen LogP contribution in [0.15, 0.2) is 29.1 Å². The van der Waals surface area contributed by atoms with Crippen molar-refractivity contribution < 1.29 is 4.79 Å². The molecule has 1 aromatic heterocycles. The lowest BCUT2D eigenvalue weighted by atomic mass is 10.0. The van der Waals surface area contributed by atoms with Gasteiger partial charge in [0.15, 0.2) is 0 Å². The van der Waals surface area contributed by atoms with Crippen LogP contribution in [0.1, 0.15) is 70.2 Å². The molecule has 1 atom stereocenters. The summed E-state index contributed by atoms with van der Waals surface area (Å²) < 4.78 is 0. The maximum absolute atomic E-state index is 13.2. The zero-order valence-corrected chi connectivity index (χ0v) is 16.8. The van der Waals surface area contributed by atoms with Crippen LogP contribution in [-0.4, -0.2) is 33.9 Å². The molecule has 1 fully saturated rings. The maximum Gasteiger partial charge on any atom is 0.258 e. The number of carbonyl (C=O) groups excluding carboxylic acids is 1. The molecule has 1 amide bonds. The Morgan fingerprint density at radius 1 is 1.21 bits per heavy atom. The van der Waals surface area contributed by atoms with E-state index < -0.39 is 0 Å². The Morgan fingerprint density at radius 3 is 2.68 bits per heavy atom. The molecule has 28 heavy (non-hydrogen) atoms. The standard InChI is InChI=1S/C22H32N4O2/c1-16(20-24-19-13-7-6-12-18(19)21(27)25-20)26(15-9-3-2-8-14-23)22(28)17-10-4-5-11-17/h6-7,12-13,16-17H,2-5,8-11,14-15,23H2,1H3,(H,24,25,27)/t16-/m0/s1. The van der Waals surface area contributed by atoms with Gasteiger partial charge < -0.3 is 15.6 Å². The van der Waals surface area contributed by atoms with Crippen LogP contribution >= 0.6 is 0 Å². The highest BCUT2D eigenvalue weighted by Crippen LogP contribution is 2.30. The molecule has 0 aliphatic heterocycles. The first-order valence-electron chi connectivity index (χ1n) is 10.6. The van der Waals surface area contributed by atoms with Crippen LogP contribution in [0.2, 0.25) is 0 Å². The molecule has 0 unspecified atom stereocenters. The Bertz CT molecular complexity index is 842. The molecule has 1 saturated carbocycles. The van der Waals surface area contributed by atoms with E-state index in [1.165, 1.54) is 0 Å². The molecule has 1 heterocycles. The van der Waals surface area contributed by atoms with Gasteiger partial charge in [0.2, 0.25) is 5.91 Å². The highest BCUT2D eigenvalue weighted by Gasteiger charge is 2.31. The van der Waals surface area contributed by atoms with Crippen LogP contribution in [0.4, 0.5) is 0 Å². The van der Waals surface area contributed by atoms with Crippen LogP contribution in [0.25, 0.3) is 10.9 Å². The number of benzene rings is 1. The number of hydrogen-bond donors (Lipinski definition) is 2. The minimum Gasteiger partial charge on any atom is -0.333 e. The first-order chi connectivity index (χ1) is 13.6. The van der Waals surface area contributed by atoms with E-state index in [0.29, 0.717) is 29.8 Å². The predicted molar refractivity (Wildman–Crippen MR) is 112 cm³/mol. The number of carbonyl (C=O) groups is 1. The van der Waals surface area contributed by atoms with Crippen molar-refractivity contribution in [2.24, 2.45) is 11.7 Å². The van der Waals surface area contributed by atoms with E-state index in [-0.39, 0.29) is 23.4 Å². The maximum atomic E-state index is 13.2. The fourth-order valence-corrected chi connectivity index (χ4v) is 4.13. The molecule has 0 radical (unpaired) electrons. The number of hydrogen-bond acceptors (Lipinski definition) is 4. The zero-order valence-electron chi connectivity index (χ0n) is 16.8. The number of aromatic amines is 1. The van der Waals surface area contributed by atoms with Gasteiger partial charge in [0.1, 0.15) is 5.82 Å². The van der Waals surface area contributed by atoms with Crippen LogP contribution in [-0.2, 0) is 4.79 Å². The van der Waals surface area contributed by atoms with Gasteiger partial charge in [-0.25, -0.2) is 4.98 Å². The number of aromatic nitrogens is 2. The smallest absolute Gasteiger partial charge is 0.258 e. The summed E-state index contributed by atoms with van der Waals surface area (Å²) in [5.74, 6) is 0.885. The average molecular weight is 385 g/mol. The largest absolute Gasteiger partial charge is 0.333 e. The molecule has 2 aromatic rings. The summed E-state index contributed by atoms with van der Waals surface area (Å²) >= 11 is 0. The minimum atomic E-state index is -0.250. The predicted octanol–water partition coefficient (Wildman–Crippen LogP) is 3.52. The quantitative estimate of drug-likeness (QED) is 0.647. The molecule has 1 aliphatic carbocycles. The third kappa shape index (κ3) is 4.79. The second kappa shape index (κ2) is 9.82. The summed E-state index contributed by atoms with van der Waals surface area (Å²) in [5.41, 5.74) is 6.10. The molecule has 6 nitrogen and oxygen atoms in total. The molecule has 0 spiro atoms. The molecule has 152 valence electrons. The molecule has 3 N–H and O–H groups in total. The number of para-hydroxylation sites is 1. The molecule has 3 rings (SSSR count). The van der Waals surface area contributed by atoms with Crippen LogP contribution in [0.5, 0.6) is 0 Å². The molecular weight excluding hydrogens is 352 g/mol. The normalized spacial score (nSPS) is 15.8. The van der Waals surface area contributed by atoms with E-state index in [2.05, 4.69) is 9.97 Å². The zero-order chi connectivity index (χ0) is 19.9. The van der Waals surface area contributed by atoms with Crippen LogP contribution in [0.3, 0.4) is 0 Å². The lowest BCUT2D eigenvalue weighted by Crippen LogP contribution is -2.39. The van der Waals surface area contributed by atoms with E-state index in [1.54, 1.807) is 6.07 Å². The van der Waals surface area contributed by atoms with Gasteiger partial charge in [-0.05, 0) is 51.3 Å². The van der Waals surface area contributed by atoms with Crippen LogP contribution in [0, 0.1) is 5.92 Å². The third-order valence-corrected chi connectivity index (χ3v) is 5.84. The Balaban J connectivity index is 1.81. The Kier molecular flexibility index (Phi) is 7.20. The van der Waals surface area contributed by atoms with Crippen LogP contribution < -0.4 is 11.3 Å². The second-order valence-corrected chi connectivity index (χ2v) is 7.86. The van der Waals surface area contributed by atoms with Crippen molar-refractivity contribution in [3.05, 3.63) is 40.4 Å². The van der Waals surface area contributed by atoms with Crippen molar-refractivity contribution in [1.29, 1.82) is 0 Å². The van der Waals surface area contributed by atoms with Crippen molar-refractivity contribution in [2.45, 2.75) is 64.3 Å². The summed E-state index contributed by atoms with van der Waals surface area (Å²) in [6.45, 7) is 3.38. The molecular formula is C22H32N4O2. The van der Waals surface area contributed by atoms with E-state index in [9.17, 15) is 9.59 Å². The van der Waals surface area contributed by atoms with E-state index in [4.69, 9.17) is 5.73 Å². The number of H-pyrrole nitrogens is 1. The third-order valence-electron chi connectivity index (χ3n) is 5.84. The second-order valence-electron chi connectivity index (χ2n) is 7.86. The van der Waals surface area contributed by atoms with Gasteiger partial charge in [0.05, 0.1) is 16.9 Å². The monoisotopic (exact) mass is 384 g/mol. The summed E-state index contributed by atoms with van der Waals surface area (Å²) in [4.78, 5) is 35.2. The summed E-state index contributed by atoms with van der Waals surface area (Å²) in [6, 6.07) is 7.08. The molecule has 1 aliphatic rings. The molecule has 0 saturated heterocycles. The van der Waals surface area contributed by atoms with Gasteiger partial charge in [-0.3, -0.25) is 9.59 Å². The van der Waals surface area contributed by atoms with Gasteiger partial charge in [-0.2, -0.15) is 0 Å². The Labute approximate surface area is 166 Å². The molecule has 1 aromatic carbocycles. The molecule has 6 heteroatoms. The van der Waals surface area contributed by atoms with Gasteiger partial charge in [-0.1, -0.05) is 37.8 Å². The van der Waals surface area contributed by atoms with E-state index in [1.807, 2.05) is 30.0 Å². The lowest BCUT2D eigenvalue weighted by molar-refractivity contribution is -0.137. The first kappa shape index (κ1) is 20.5. The topological polar surface area (TPSA) is 92.1 Å². The summed E-state index contributed by atoms with van der Waals surface area (Å²) in [7, 11) is 0. The average Bonchev–Trinajstić information content (AvgIpc) is 3.25. The summed E-state index contributed by atoms with van der Waals surface area (Å²) in [6.07, 6.45) is 8.29. The molecule has 0 bridgehead atoms. The lowest BCUT2D eigenvalue weighted by Gasteiger charge is -2.31. The van der Waals surface area contributed by atoms with Crippen molar-refractivity contribution in [3.63, 3.8) is 0 Å². The number of nitrogens with two attached hydrogens (primary N) is 1. The Morgan fingerprint density at radius 2 is 1.93 bits per heavy atom. The summed E-state index contributed by atoms with van der Waals surface area (Å²) in [5, 5.41) is 0.578. The highest BCUT2D eigenvalue weighted by molar-refractivity contribution is 5.80. The fourth-order valence-electron chi connectivity index (χ4n) is 4.13. The van der Waals surface area contributed by atoms with Crippen molar-refractivity contribution >= 4 is 16.8 Å². The van der Waals surface area contributed by atoms with E-state index >= 15 is 0 Å². The van der Waals surface area contributed by atoms with Gasteiger partial charge in [-0.15, -0.1) is 0 Å². The number of nitrogens with zero attached hydrogens (tertiary/aromatic N) is 2. The van der Waals surface area contributed by atoms with Crippen molar-refractivity contribution in [2.75, 3.05) is 13.1 Å². The number of nitrogens with one attached hydrogen (secondary N) is 1. The van der Waals surface area contributed by atoms with E-state index in [0.717, 1.165) is 51.4 Å². The SMILES string of the molecule is C[C@@H](c1nc2ccccc2c(=O)[nH]1)N(CCCCCCN)C(=O)C1CCCC1. The van der Waals surface area contributed by atoms with Gasteiger partial charge >= 0.3 is 0 Å². The minimum absolute atomic E-state index is 0.110. The number of fused-ring (bicyclic) bond motifs is 1. The number of amides is 1. The Hall–Kier alpha value is -2.21. The van der Waals surface area contributed by atoms with Gasteiger partial charge in [0, 0.05) is 12.5 Å². The number of unbranched alkanes of at least 4 members (excludes halogenated alkanes) is 3. The first-order valence-corrected chi connectivity index (χ1v) is 10.6. The van der Waals surface area contributed by atoms with Gasteiger partial charge in [0.25, 0.3) is 5.56 Å². The number of rotatable bonds is 9. The van der Waals surface area contributed by atoms with Crippen molar-refractivity contribution in [3.8, 4) is 0 Å².